The van der Waals surface area contributed by atoms with Gasteiger partial charge in [0.05, 0.1) is 5.56 Å². The van der Waals surface area contributed by atoms with Crippen molar-refractivity contribution in [1.29, 1.82) is 0 Å². The molecule has 6 rings (SSSR count). The number of anilines is 1. The van der Waals surface area contributed by atoms with Crippen LogP contribution in [0.3, 0.4) is 0 Å². The van der Waals surface area contributed by atoms with Crippen molar-refractivity contribution < 1.29 is 23.2 Å². The van der Waals surface area contributed by atoms with E-state index in [9.17, 15) is 23.6 Å². The molecule has 8 nitrogen and oxygen atoms in total. The number of imide groups is 2. The second-order valence-electron chi connectivity index (χ2n) is 10.0. The molecule has 38 heavy (non-hydrogen) atoms. The number of urea groups is 1. The quantitative estimate of drug-likeness (QED) is 0.324. The maximum atomic E-state index is 13.2. The number of carbonyl (C=O) groups is 3. The van der Waals surface area contributed by atoms with Crippen LogP contribution < -0.4 is 15.8 Å². The Kier molecular flexibility index (Phi) is 5.86. The molecule has 194 valence electrons. The normalized spacial score (nSPS) is 18.3. The molecule has 1 fully saturated rings. The van der Waals surface area contributed by atoms with Gasteiger partial charge < -0.3 is 9.32 Å². The van der Waals surface area contributed by atoms with Gasteiger partial charge in [-0.05, 0) is 80.0 Å². The number of amides is 4. The van der Waals surface area contributed by atoms with Crippen molar-refractivity contribution in [2.45, 2.75) is 39.0 Å². The number of aryl methyl sites for hydroxylation is 3. The van der Waals surface area contributed by atoms with Gasteiger partial charge in [-0.1, -0.05) is 12.1 Å². The fourth-order valence-electron chi connectivity index (χ4n) is 5.77. The standard InChI is InChI=1S/C29H26FN3O5/c1-16-21-14-18-4-2-11-32-12-3-5-20(24(18)32)25(21)38-28(36)22(16)15-23-26(34)31-29(37)33(27(23)35)13-10-17-6-8-19(30)9-7-17/h6-9,14-15H,2-5,10-13H2,1H3,(H,31,34,37)/b23-15+. The van der Waals surface area contributed by atoms with Crippen LogP contribution in [-0.2, 0) is 28.9 Å². The highest BCUT2D eigenvalue weighted by atomic mass is 19.1. The first-order valence-electron chi connectivity index (χ1n) is 12.8. The van der Waals surface area contributed by atoms with Gasteiger partial charge >= 0.3 is 11.7 Å². The first kappa shape index (κ1) is 24.1. The molecule has 4 amide bonds. The van der Waals surface area contributed by atoms with Crippen molar-refractivity contribution in [3.8, 4) is 0 Å². The van der Waals surface area contributed by atoms with E-state index >= 15 is 0 Å². The summed E-state index contributed by atoms with van der Waals surface area (Å²) in [4.78, 5) is 54.8. The summed E-state index contributed by atoms with van der Waals surface area (Å²) < 4.78 is 19.0. The highest BCUT2D eigenvalue weighted by Gasteiger charge is 2.36. The Labute approximate surface area is 217 Å². The molecule has 0 bridgehead atoms. The van der Waals surface area contributed by atoms with Crippen LogP contribution in [0, 0.1) is 12.7 Å². The Morgan fingerprint density at radius 1 is 1.05 bits per heavy atom. The van der Waals surface area contributed by atoms with E-state index in [0.29, 0.717) is 11.1 Å². The summed E-state index contributed by atoms with van der Waals surface area (Å²) >= 11 is 0. The van der Waals surface area contributed by atoms with Crippen molar-refractivity contribution in [2.75, 3.05) is 24.5 Å². The number of barbiturate groups is 1. The van der Waals surface area contributed by atoms with Crippen LogP contribution >= 0.6 is 0 Å². The van der Waals surface area contributed by atoms with Gasteiger partial charge in [-0.15, -0.1) is 0 Å². The van der Waals surface area contributed by atoms with Gasteiger partial charge in [0.25, 0.3) is 11.8 Å². The Morgan fingerprint density at radius 3 is 2.55 bits per heavy atom. The Hall–Kier alpha value is -4.27. The highest BCUT2D eigenvalue weighted by Crippen LogP contribution is 2.40. The van der Waals surface area contributed by atoms with Gasteiger partial charge in [0.15, 0.2) is 0 Å². The lowest BCUT2D eigenvalue weighted by molar-refractivity contribution is -0.130. The predicted molar refractivity (Wildman–Crippen MR) is 139 cm³/mol. The number of benzene rings is 2. The molecule has 0 spiro atoms. The second kappa shape index (κ2) is 9.24. The second-order valence-corrected chi connectivity index (χ2v) is 10.0. The molecular weight excluding hydrogens is 489 g/mol. The van der Waals surface area contributed by atoms with E-state index in [-0.39, 0.29) is 29.9 Å². The number of fused-ring (bicyclic) bond motifs is 2. The molecule has 1 N–H and O–H groups in total. The molecule has 0 saturated carbocycles. The first-order chi connectivity index (χ1) is 18.3. The third kappa shape index (κ3) is 3.98. The lowest BCUT2D eigenvalue weighted by Crippen LogP contribution is -2.54. The van der Waals surface area contributed by atoms with Crippen molar-refractivity contribution in [1.82, 2.24) is 10.2 Å². The van der Waals surface area contributed by atoms with Gasteiger partial charge in [0.2, 0.25) is 0 Å². The van der Waals surface area contributed by atoms with Gasteiger partial charge in [-0.3, -0.25) is 19.8 Å². The number of nitrogens with zero attached hydrogens (tertiary/aromatic N) is 2. The molecule has 3 aliphatic heterocycles. The van der Waals surface area contributed by atoms with Gasteiger partial charge in [0.1, 0.15) is 17.0 Å². The lowest BCUT2D eigenvalue weighted by Gasteiger charge is -2.37. The molecule has 3 aromatic rings. The number of hydrogen-bond donors (Lipinski definition) is 1. The average molecular weight is 516 g/mol. The summed E-state index contributed by atoms with van der Waals surface area (Å²) in [7, 11) is 0. The summed E-state index contributed by atoms with van der Waals surface area (Å²) in [5, 5.41) is 2.98. The van der Waals surface area contributed by atoms with E-state index in [1.165, 1.54) is 29.5 Å². The van der Waals surface area contributed by atoms with Crippen LogP contribution in [0.1, 0.15) is 40.7 Å². The van der Waals surface area contributed by atoms with Crippen LogP contribution in [0.15, 0.2) is 45.1 Å². The zero-order valence-corrected chi connectivity index (χ0v) is 20.9. The molecule has 0 atom stereocenters. The molecule has 0 unspecified atom stereocenters. The van der Waals surface area contributed by atoms with E-state index in [2.05, 4.69) is 16.3 Å². The summed E-state index contributed by atoms with van der Waals surface area (Å²) in [6.07, 6.45) is 5.31. The lowest BCUT2D eigenvalue weighted by atomic mass is 9.88. The molecular formula is C29H26FN3O5. The third-order valence-electron chi connectivity index (χ3n) is 7.71. The van der Waals surface area contributed by atoms with Crippen molar-refractivity contribution >= 4 is 40.6 Å². The van der Waals surface area contributed by atoms with Crippen molar-refractivity contribution in [2.24, 2.45) is 0 Å². The molecule has 1 aromatic heterocycles. The number of hydrogen-bond acceptors (Lipinski definition) is 6. The monoisotopic (exact) mass is 515 g/mol. The molecule has 1 saturated heterocycles. The van der Waals surface area contributed by atoms with Crippen LogP contribution in [-0.4, -0.2) is 42.4 Å². The van der Waals surface area contributed by atoms with E-state index in [4.69, 9.17) is 4.42 Å². The van der Waals surface area contributed by atoms with E-state index in [1.807, 2.05) is 0 Å². The summed E-state index contributed by atoms with van der Waals surface area (Å²) in [6, 6.07) is 6.96. The van der Waals surface area contributed by atoms with Gasteiger partial charge in [-0.2, -0.15) is 0 Å². The topological polar surface area (TPSA) is 99.9 Å². The maximum Gasteiger partial charge on any atom is 0.343 e. The van der Waals surface area contributed by atoms with E-state index in [1.54, 1.807) is 19.1 Å². The van der Waals surface area contributed by atoms with Crippen LogP contribution in [0.25, 0.3) is 17.0 Å². The van der Waals surface area contributed by atoms with Crippen LogP contribution in [0.4, 0.5) is 14.9 Å². The minimum absolute atomic E-state index is 0.0156. The Balaban J connectivity index is 1.38. The minimum Gasteiger partial charge on any atom is -0.422 e. The van der Waals surface area contributed by atoms with Gasteiger partial charge in [-0.25, -0.2) is 14.0 Å². The predicted octanol–water partition coefficient (Wildman–Crippen LogP) is 3.64. The highest BCUT2D eigenvalue weighted by molar-refractivity contribution is 6.31. The smallest absolute Gasteiger partial charge is 0.343 e. The zero-order valence-electron chi connectivity index (χ0n) is 20.9. The average Bonchev–Trinajstić information content (AvgIpc) is 2.90. The van der Waals surface area contributed by atoms with Crippen LogP contribution in [0.5, 0.6) is 0 Å². The number of rotatable bonds is 4. The molecule has 4 heterocycles. The van der Waals surface area contributed by atoms with Crippen LogP contribution in [0.2, 0.25) is 0 Å². The molecule has 3 aliphatic rings. The summed E-state index contributed by atoms with van der Waals surface area (Å²) in [6.45, 7) is 3.76. The SMILES string of the molecule is Cc1c(/C=C2\C(=O)NC(=O)N(CCc3ccc(F)cc3)C2=O)c(=O)oc2c3c4c(cc12)CCCN4CCC3. The van der Waals surface area contributed by atoms with Crippen molar-refractivity contribution in [3.05, 3.63) is 80.0 Å². The number of halogens is 1. The largest absolute Gasteiger partial charge is 0.422 e. The van der Waals surface area contributed by atoms with Crippen molar-refractivity contribution in [3.63, 3.8) is 0 Å². The molecule has 0 aliphatic carbocycles. The summed E-state index contributed by atoms with van der Waals surface area (Å²) in [5.41, 5.74) is 4.53. The molecule has 9 heteroatoms. The molecule has 2 aromatic carbocycles. The number of carbonyl (C=O) groups excluding carboxylic acids is 3. The van der Waals surface area contributed by atoms with E-state index < -0.39 is 23.5 Å². The Morgan fingerprint density at radius 2 is 1.79 bits per heavy atom. The third-order valence-corrected chi connectivity index (χ3v) is 7.71. The number of nitrogens with one attached hydrogen (secondary N) is 1. The Bertz CT molecular complexity index is 1600. The summed E-state index contributed by atoms with van der Waals surface area (Å²) in [5.74, 6) is -2.05. The van der Waals surface area contributed by atoms with E-state index in [0.717, 1.165) is 60.2 Å². The zero-order chi connectivity index (χ0) is 26.6. The minimum atomic E-state index is -0.867. The fraction of sp³-hybridized carbons (Fsp3) is 0.310. The van der Waals surface area contributed by atoms with Gasteiger partial charge in [0, 0.05) is 36.3 Å². The fourth-order valence-corrected chi connectivity index (χ4v) is 5.77. The first-order valence-corrected chi connectivity index (χ1v) is 12.8. The maximum absolute atomic E-state index is 13.2. The molecule has 0 radical (unpaired) electrons.